The fourth-order valence-corrected chi connectivity index (χ4v) is 2.19. The summed E-state index contributed by atoms with van der Waals surface area (Å²) in [6.07, 6.45) is 0.783. The van der Waals surface area contributed by atoms with E-state index in [0.717, 1.165) is 5.56 Å². The molecule has 23 heavy (non-hydrogen) atoms. The number of aryl methyl sites for hydroxylation is 1. The summed E-state index contributed by atoms with van der Waals surface area (Å²) in [5.74, 6) is 0.273. The summed E-state index contributed by atoms with van der Waals surface area (Å²) in [6, 6.07) is 12.5. The van der Waals surface area contributed by atoms with Crippen molar-refractivity contribution in [1.29, 1.82) is 0 Å². The van der Waals surface area contributed by atoms with E-state index in [1.807, 2.05) is 31.2 Å². The minimum atomic E-state index is -0.671. The van der Waals surface area contributed by atoms with Gasteiger partial charge in [-0.25, -0.2) is 5.43 Å². The molecule has 120 valence electrons. The fraction of sp³-hybridized carbons (Fsp3) is 0.176. The van der Waals surface area contributed by atoms with Gasteiger partial charge in [0.1, 0.15) is 5.75 Å². The molecule has 0 aliphatic heterocycles. The van der Waals surface area contributed by atoms with E-state index in [2.05, 4.69) is 10.5 Å². The molecule has 0 bridgehead atoms. The van der Waals surface area contributed by atoms with Gasteiger partial charge in [0.25, 0.3) is 5.91 Å². The van der Waals surface area contributed by atoms with Crippen LogP contribution >= 0.6 is 23.2 Å². The highest BCUT2D eigenvalue weighted by atomic mass is 35.5. The van der Waals surface area contributed by atoms with Gasteiger partial charge in [-0.05, 0) is 38.1 Å². The lowest BCUT2D eigenvalue weighted by Crippen LogP contribution is -2.33. The Morgan fingerprint density at radius 3 is 2.57 bits per heavy atom. The van der Waals surface area contributed by atoms with E-state index < -0.39 is 6.10 Å². The second-order valence-electron chi connectivity index (χ2n) is 4.97. The molecule has 2 aromatic rings. The van der Waals surface area contributed by atoms with Crippen LogP contribution in [0.5, 0.6) is 5.75 Å². The largest absolute Gasteiger partial charge is 0.481 e. The first kappa shape index (κ1) is 17.3. The molecule has 4 nitrogen and oxygen atoms in total. The molecule has 0 saturated heterocycles. The number of ether oxygens (including phenoxy) is 1. The van der Waals surface area contributed by atoms with Crippen LogP contribution in [-0.2, 0) is 4.79 Å². The molecular weight excluding hydrogens is 335 g/mol. The Labute approximate surface area is 145 Å². The first-order valence-corrected chi connectivity index (χ1v) is 7.72. The molecule has 0 aliphatic rings. The molecule has 0 unspecified atom stereocenters. The summed E-state index contributed by atoms with van der Waals surface area (Å²) in [5.41, 5.74) is 4.20. The molecule has 0 spiro atoms. The van der Waals surface area contributed by atoms with Crippen LogP contribution in [0.2, 0.25) is 10.0 Å². The molecule has 1 N–H and O–H groups in total. The highest BCUT2D eigenvalue weighted by Crippen LogP contribution is 2.19. The number of nitrogens with zero attached hydrogens (tertiary/aromatic N) is 1. The van der Waals surface area contributed by atoms with Crippen molar-refractivity contribution in [3.05, 3.63) is 63.6 Å². The van der Waals surface area contributed by atoms with Gasteiger partial charge in [0, 0.05) is 10.6 Å². The van der Waals surface area contributed by atoms with E-state index in [1.165, 1.54) is 6.21 Å². The number of benzene rings is 2. The van der Waals surface area contributed by atoms with Gasteiger partial charge in [-0.2, -0.15) is 5.10 Å². The zero-order chi connectivity index (χ0) is 16.8. The molecule has 1 atom stereocenters. The molecular formula is C17H16Cl2N2O2. The topological polar surface area (TPSA) is 50.7 Å². The van der Waals surface area contributed by atoms with Crippen molar-refractivity contribution < 1.29 is 9.53 Å². The van der Waals surface area contributed by atoms with E-state index in [-0.39, 0.29) is 5.91 Å². The van der Waals surface area contributed by atoms with Gasteiger partial charge >= 0.3 is 0 Å². The second kappa shape index (κ2) is 7.99. The molecule has 0 heterocycles. The molecule has 0 radical (unpaired) electrons. The SMILES string of the molecule is Cc1ccc(O[C@H](C)C(=O)N/N=C\c2ccc(Cl)cc2Cl)cc1. The lowest BCUT2D eigenvalue weighted by atomic mass is 10.2. The van der Waals surface area contributed by atoms with Gasteiger partial charge in [0.05, 0.1) is 11.2 Å². The quantitative estimate of drug-likeness (QED) is 0.648. The summed E-state index contributed by atoms with van der Waals surface area (Å²) in [7, 11) is 0. The monoisotopic (exact) mass is 350 g/mol. The standard InChI is InChI=1S/C17H16Cl2N2O2/c1-11-3-7-15(8-4-11)23-12(2)17(22)21-20-10-13-5-6-14(18)9-16(13)19/h3-10,12H,1-2H3,(H,21,22)/b20-10-/t12-/m1/s1. The molecule has 1 amide bonds. The number of hydrogen-bond acceptors (Lipinski definition) is 3. The van der Waals surface area contributed by atoms with Gasteiger partial charge in [0.15, 0.2) is 6.10 Å². The summed E-state index contributed by atoms with van der Waals surface area (Å²) in [5, 5.41) is 4.87. The molecule has 0 saturated carbocycles. The number of halogens is 2. The normalized spacial score (nSPS) is 12.2. The van der Waals surface area contributed by atoms with E-state index in [4.69, 9.17) is 27.9 Å². The predicted molar refractivity (Wildman–Crippen MR) is 93.5 cm³/mol. The minimum Gasteiger partial charge on any atom is -0.481 e. The molecule has 2 rings (SSSR count). The summed E-state index contributed by atoms with van der Waals surface area (Å²) >= 11 is 11.8. The Hall–Kier alpha value is -2.04. The average molecular weight is 351 g/mol. The van der Waals surface area contributed by atoms with Crippen LogP contribution in [0.4, 0.5) is 0 Å². The van der Waals surface area contributed by atoms with Crippen LogP contribution in [0.3, 0.4) is 0 Å². The zero-order valence-electron chi connectivity index (χ0n) is 12.7. The van der Waals surface area contributed by atoms with E-state index >= 15 is 0 Å². The van der Waals surface area contributed by atoms with Crippen molar-refractivity contribution in [2.75, 3.05) is 0 Å². The zero-order valence-corrected chi connectivity index (χ0v) is 14.2. The number of nitrogens with one attached hydrogen (secondary N) is 1. The lowest BCUT2D eigenvalue weighted by molar-refractivity contribution is -0.127. The summed E-state index contributed by atoms with van der Waals surface area (Å²) in [6.45, 7) is 3.64. The Balaban J connectivity index is 1.90. The first-order chi connectivity index (χ1) is 11.0. The van der Waals surface area contributed by atoms with Crippen LogP contribution in [0.15, 0.2) is 47.6 Å². The first-order valence-electron chi connectivity index (χ1n) is 6.97. The van der Waals surface area contributed by atoms with Crippen molar-refractivity contribution in [3.8, 4) is 5.75 Å². The van der Waals surface area contributed by atoms with Crippen LogP contribution < -0.4 is 10.2 Å². The Morgan fingerprint density at radius 2 is 1.91 bits per heavy atom. The maximum Gasteiger partial charge on any atom is 0.280 e. The average Bonchev–Trinajstić information content (AvgIpc) is 2.51. The van der Waals surface area contributed by atoms with Crippen molar-refractivity contribution in [2.24, 2.45) is 5.10 Å². The molecule has 0 fully saturated rings. The molecule has 2 aromatic carbocycles. The number of carbonyl (C=O) groups is 1. The van der Waals surface area contributed by atoms with Crippen LogP contribution in [0, 0.1) is 6.92 Å². The summed E-state index contributed by atoms with van der Waals surface area (Å²) in [4.78, 5) is 11.9. The molecule has 0 aromatic heterocycles. The maximum absolute atomic E-state index is 11.9. The number of hydrogen-bond donors (Lipinski definition) is 1. The van der Waals surface area contributed by atoms with Crippen molar-refractivity contribution >= 4 is 35.3 Å². The van der Waals surface area contributed by atoms with Gasteiger partial charge in [-0.3, -0.25) is 4.79 Å². The second-order valence-corrected chi connectivity index (χ2v) is 5.82. The highest BCUT2D eigenvalue weighted by Gasteiger charge is 2.13. The fourth-order valence-electron chi connectivity index (χ4n) is 1.74. The van der Waals surface area contributed by atoms with Crippen molar-refractivity contribution in [3.63, 3.8) is 0 Å². The predicted octanol–water partition coefficient (Wildman–Crippen LogP) is 4.22. The van der Waals surface area contributed by atoms with E-state index in [0.29, 0.717) is 21.4 Å². The van der Waals surface area contributed by atoms with Crippen molar-refractivity contribution in [1.82, 2.24) is 5.43 Å². The molecule has 0 aliphatic carbocycles. The molecule has 6 heteroatoms. The van der Waals surface area contributed by atoms with E-state index in [1.54, 1.807) is 25.1 Å². The number of rotatable bonds is 5. The minimum absolute atomic E-state index is 0.355. The van der Waals surface area contributed by atoms with Gasteiger partial charge in [0.2, 0.25) is 0 Å². The Bertz CT molecular complexity index is 715. The van der Waals surface area contributed by atoms with Crippen molar-refractivity contribution in [2.45, 2.75) is 20.0 Å². The Kier molecular flexibility index (Phi) is 6.02. The summed E-state index contributed by atoms with van der Waals surface area (Å²) < 4.78 is 5.54. The maximum atomic E-state index is 11.9. The number of amides is 1. The highest BCUT2D eigenvalue weighted by molar-refractivity contribution is 6.36. The van der Waals surface area contributed by atoms with E-state index in [9.17, 15) is 4.79 Å². The lowest BCUT2D eigenvalue weighted by Gasteiger charge is -2.12. The third kappa shape index (κ3) is 5.27. The smallest absolute Gasteiger partial charge is 0.280 e. The van der Waals surface area contributed by atoms with Gasteiger partial charge in [-0.15, -0.1) is 0 Å². The number of hydrazone groups is 1. The van der Waals surface area contributed by atoms with Crippen LogP contribution in [0.25, 0.3) is 0 Å². The number of carbonyl (C=O) groups excluding carboxylic acids is 1. The van der Waals surface area contributed by atoms with Crippen LogP contribution in [-0.4, -0.2) is 18.2 Å². The Morgan fingerprint density at radius 1 is 1.22 bits per heavy atom. The van der Waals surface area contributed by atoms with Crippen LogP contribution in [0.1, 0.15) is 18.1 Å². The van der Waals surface area contributed by atoms with Gasteiger partial charge < -0.3 is 4.74 Å². The van der Waals surface area contributed by atoms with Gasteiger partial charge in [-0.1, -0.05) is 47.0 Å². The third-order valence-corrected chi connectivity index (χ3v) is 3.61. The third-order valence-electron chi connectivity index (χ3n) is 3.04.